The van der Waals surface area contributed by atoms with Crippen LogP contribution < -0.4 is 4.90 Å². The van der Waals surface area contributed by atoms with E-state index in [1.807, 2.05) is 0 Å². The van der Waals surface area contributed by atoms with E-state index in [0.29, 0.717) is 17.7 Å². The van der Waals surface area contributed by atoms with Gasteiger partial charge in [-0.2, -0.15) is 0 Å². The van der Waals surface area contributed by atoms with E-state index in [9.17, 15) is 8.42 Å². The Hall–Kier alpha value is -1.70. The molecule has 31 heavy (non-hydrogen) atoms. The van der Waals surface area contributed by atoms with E-state index in [1.165, 1.54) is 22.3 Å². The Bertz CT molecular complexity index is 1160. The molecule has 7 heteroatoms. The highest BCUT2D eigenvalue weighted by molar-refractivity contribution is 9.10. The van der Waals surface area contributed by atoms with E-state index < -0.39 is 9.84 Å². The smallest absolute Gasteiger partial charge is 0.185 e. The normalized spacial score (nSPS) is 15.4. The molecule has 2 aromatic carbocycles. The summed E-state index contributed by atoms with van der Waals surface area (Å²) in [4.78, 5) is 7.52. The second kappa shape index (κ2) is 9.04. The summed E-state index contributed by atoms with van der Waals surface area (Å²) in [6, 6.07) is 11.4. The lowest BCUT2D eigenvalue weighted by Crippen LogP contribution is -2.39. The molecule has 4 rings (SSSR count). The number of hydrogen-bond acceptors (Lipinski definition) is 5. The monoisotopic (exact) mass is 518 g/mol. The summed E-state index contributed by atoms with van der Waals surface area (Å²) in [6.07, 6.45) is 2.09. The van der Waals surface area contributed by atoms with Gasteiger partial charge in [-0.25, -0.2) is 13.4 Å². The number of halogens is 1. The molecule has 0 spiro atoms. The standard InChI is InChI=1S/C24H27BrN2O2S2/c1-16-12-17(2)23(18(3)13-16)14-20-15-30-24(26-20)27-10-8-22(9-11-27)31(28,29)21-6-4-19(25)5-7-21/h4-7,12-13,15,22H,8-11,14H2,1-3H3. The molecule has 2 heterocycles. The Balaban J connectivity index is 1.42. The molecular weight excluding hydrogens is 492 g/mol. The predicted octanol–water partition coefficient (Wildman–Crippen LogP) is 5.86. The van der Waals surface area contributed by atoms with Crippen LogP contribution in [0.3, 0.4) is 0 Å². The molecule has 0 unspecified atom stereocenters. The fourth-order valence-electron chi connectivity index (χ4n) is 4.37. The van der Waals surface area contributed by atoms with Gasteiger partial charge in [-0.1, -0.05) is 33.6 Å². The lowest BCUT2D eigenvalue weighted by Gasteiger charge is -2.31. The third-order valence-electron chi connectivity index (χ3n) is 6.03. The Morgan fingerprint density at radius 2 is 1.68 bits per heavy atom. The van der Waals surface area contributed by atoms with Gasteiger partial charge < -0.3 is 4.90 Å². The largest absolute Gasteiger partial charge is 0.348 e. The number of thiazole rings is 1. The van der Waals surface area contributed by atoms with Gasteiger partial charge in [0.05, 0.1) is 15.8 Å². The number of benzene rings is 2. The van der Waals surface area contributed by atoms with Crippen molar-refractivity contribution in [2.45, 2.75) is 50.2 Å². The number of nitrogens with zero attached hydrogens (tertiary/aromatic N) is 2. The van der Waals surface area contributed by atoms with E-state index in [0.717, 1.165) is 34.8 Å². The Morgan fingerprint density at radius 3 is 2.29 bits per heavy atom. The quantitative estimate of drug-likeness (QED) is 0.424. The Labute approximate surface area is 197 Å². The van der Waals surface area contributed by atoms with Crippen LogP contribution in [0.4, 0.5) is 5.13 Å². The highest BCUT2D eigenvalue weighted by Crippen LogP contribution is 2.30. The van der Waals surface area contributed by atoms with Crippen molar-refractivity contribution in [3.05, 3.63) is 74.2 Å². The molecule has 3 aromatic rings. The molecule has 0 saturated carbocycles. The summed E-state index contributed by atoms with van der Waals surface area (Å²) in [5.41, 5.74) is 6.34. The molecular formula is C24H27BrN2O2S2. The minimum atomic E-state index is -3.30. The fraction of sp³-hybridized carbons (Fsp3) is 0.375. The molecule has 0 N–H and O–H groups in total. The maximum atomic E-state index is 13.0. The second-order valence-electron chi connectivity index (χ2n) is 8.36. The molecule has 1 aliphatic heterocycles. The van der Waals surface area contributed by atoms with Crippen LogP contribution in [-0.4, -0.2) is 31.7 Å². The van der Waals surface area contributed by atoms with Crippen molar-refractivity contribution in [1.29, 1.82) is 0 Å². The molecule has 1 fully saturated rings. The van der Waals surface area contributed by atoms with Crippen molar-refractivity contribution in [3.8, 4) is 0 Å². The zero-order chi connectivity index (χ0) is 22.2. The first-order valence-corrected chi connectivity index (χ1v) is 13.7. The summed E-state index contributed by atoms with van der Waals surface area (Å²) in [5.74, 6) is 0. The molecule has 0 radical (unpaired) electrons. The van der Waals surface area contributed by atoms with Crippen LogP contribution in [0.5, 0.6) is 0 Å². The third-order valence-corrected chi connectivity index (χ3v) is 9.79. The van der Waals surface area contributed by atoms with Gasteiger partial charge in [-0.05, 0) is 74.6 Å². The Kier molecular flexibility index (Phi) is 6.56. The van der Waals surface area contributed by atoms with Crippen LogP contribution in [0.25, 0.3) is 0 Å². The molecule has 1 aromatic heterocycles. The van der Waals surface area contributed by atoms with Crippen molar-refractivity contribution in [1.82, 2.24) is 4.98 Å². The first kappa shape index (κ1) is 22.5. The number of hydrogen-bond donors (Lipinski definition) is 0. The van der Waals surface area contributed by atoms with Gasteiger partial charge in [-0.3, -0.25) is 0 Å². The van der Waals surface area contributed by atoms with Crippen LogP contribution in [0, 0.1) is 20.8 Å². The highest BCUT2D eigenvalue weighted by Gasteiger charge is 2.32. The number of anilines is 1. The number of aryl methyl sites for hydroxylation is 3. The number of rotatable bonds is 5. The van der Waals surface area contributed by atoms with Gasteiger partial charge in [0.2, 0.25) is 0 Å². The molecule has 0 bridgehead atoms. The molecule has 0 amide bonds. The Morgan fingerprint density at radius 1 is 1.06 bits per heavy atom. The van der Waals surface area contributed by atoms with E-state index in [1.54, 1.807) is 35.6 Å². The van der Waals surface area contributed by atoms with Gasteiger partial charge >= 0.3 is 0 Å². The topological polar surface area (TPSA) is 50.3 Å². The lowest BCUT2D eigenvalue weighted by molar-refractivity contribution is 0.529. The van der Waals surface area contributed by atoms with Crippen LogP contribution in [0.15, 0.2) is 51.1 Å². The molecule has 0 atom stereocenters. The number of sulfone groups is 1. The van der Waals surface area contributed by atoms with Gasteiger partial charge in [0.15, 0.2) is 15.0 Å². The summed E-state index contributed by atoms with van der Waals surface area (Å²) < 4.78 is 26.9. The highest BCUT2D eigenvalue weighted by atomic mass is 79.9. The van der Waals surface area contributed by atoms with E-state index in [4.69, 9.17) is 4.98 Å². The van der Waals surface area contributed by atoms with Crippen molar-refractivity contribution in [2.24, 2.45) is 0 Å². The van der Waals surface area contributed by atoms with E-state index in [-0.39, 0.29) is 5.25 Å². The number of piperidine rings is 1. The summed E-state index contributed by atoms with van der Waals surface area (Å²) in [6.45, 7) is 7.90. The maximum absolute atomic E-state index is 13.0. The van der Waals surface area contributed by atoms with Gasteiger partial charge in [-0.15, -0.1) is 11.3 Å². The van der Waals surface area contributed by atoms with E-state index in [2.05, 4.69) is 59.1 Å². The minimum absolute atomic E-state index is 0.331. The first-order valence-electron chi connectivity index (χ1n) is 10.5. The van der Waals surface area contributed by atoms with Crippen molar-refractivity contribution in [2.75, 3.05) is 18.0 Å². The minimum Gasteiger partial charge on any atom is -0.348 e. The average molecular weight is 520 g/mol. The van der Waals surface area contributed by atoms with Gasteiger partial charge in [0, 0.05) is 29.4 Å². The van der Waals surface area contributed by atoms with Crippen molar-refractivity contribution >= 4 is 42.2 Å². The second-order valence-corrected chi connectivity index (χ2v) is 12.3. The molecule has 0 aliphatic carbocycles. The van der Waals surface area contributed by atoms with Crippen LogP contribution in [0.2, 0.25) is 0 Å². The summed E-state index contributed by atoms with van der Waals surface area (Å²) >= 11 is 5.03. The summed E-state index contributed by atoms with van der Waals surface area (Å²) in [5, 5.41) is 2.80. The van der Waals surface area contributed by atoms with Crippen molar-refractivity contribution < 1.29 is 8.42 Å². The summed E-state index contributed by atoms with van der Waals surface area (Å²) in [7, 11) is -3.30. The fourth-order valence-corrected chi connectivity index (χ4v) is 7.24. The SMILES string of the molecule is Cc1cc(C)c(Cc2csc(N3CCC(S(=O)(=O)c4ccc(Br)cc4)CC3)n2)c(C)c1. The van der Waals surface area contributed by atoms with Gasteiger partial charge in [0.1, 0.15) is 0 Å². The van der Waals surface area contributed by atoms with Crippen LogP contribution in [0.1, 0.15) is 40.8 Å². The zero-order valence-electron chi connectivity index (χ0n) is 18.1. The molecule has 4 nitrogen and oxygen atoms in total. The van der Waals surface area contributed by atoms with Crippen molar-refractivity contribution in [3.63, 3.8) is 0 Å². The zero-order valence-corrected chi connectivity index (χ0v) is 21.3. The third kappa shape index (κ3) is 4.89. The number of aromatic nitrogens is 1. The average Bonchev–Trinajstić information content (AvgIpc) is 3.20. The molecule has 1 saturated heterocycles. The van der Waals surface area contributed by atoms with E-state index >= 15 is 0 Å². The van der Waals surface area contributed by atoms with Crippen LogP contribution >= 0.6 is 27.3 Å². The molecule has 1 aliphatic rings. The lowest BCUT2D eigenvalue weighted by atomic mass is 9.96. The van der Waals surface area contributed by atoms with Crippen LogP contribution in [-0.2, 0) is 16.3 Å². The first-order chi connectivity index (χ1) is 14.7. The predicted molar refractivity (Wildman–Crippen MR) is 132 cm³/mol. The van der Waals surface area contributed by atoms with Gasteiger partial charge in [0.25, 0.3) is 0 Å². The molecule has 164 valence electrons. The maximum Gasteiger partial charge on any atom is 0.185 e.